The molecule has 0 bridgehead atoms. The molecule has 1 aromatic rings. The van der Waals surface area contributed by atoms with Gasteiger partial charge < -0.3 is 15.3 Å². The highest BCUT2D eigenvalue weighted by Gasteiger charge is 2.31. The zero-order valence-electron chi connectivity index (χ0n) is 13.8. The lowest BCUT2D eigenvalue weighted by Gasteiger charge is -2.25. The second kappa shape index (κ2) is 7.21. The van der Waals surface area contributed by atoms with Crippen molar-refractivity contribution in [3.05, 3.63) is 24.0 Å². The molecule has 1 saturated heterocycles. The Labute approximate surface area is 145 Å². The first-order valence-corrected chi connectivity index (χ1v) is 8.59. The number of hydrogen-bond donors (Lipinski definition) is 2. The maximum absolute atomic E-state index is 14.3. The van der Waals surface area contributed by atoms with Crippen LogP contribution in [0, 0.1) is 17.7 Å². The van der Waals surface area contributed by atoms with Gasteiger partial charge in [0, 0.05) is 24.6 Å². The summed E-state index contributed by atoms with van der Waals surface area (Å²) in [6, 6.07) is 4.27. The van der Waals surface area contributed by atoms with Crippen LogP contribution in [0.2, 0.25) is 0 Å². The number of halogens is 1. The molecule has 7 heteroatoms. The van der Waals surface area contributed by atoms with Crippen molar-refractivity contribution in [3.63, 3.8) is 0 Å². The van der Waals surface area contributed by atoms with Crippen LogP contribution in [0.5, 0.6) is 0 Å². The normalized spacial score (nSPS) is 23.6. The van der Waals surface area contributed by atoms with Gasteiger partial charge in [0.05, 0.1) is 11.6 Å². The van der Waals surface area contributed by atoms with Crippen LogP contribution in [0.3, 0.4) is 0 Å². The molecule has 0 spiro atoms. The lowest BCUT2D eigenvalue weighted by Crippen LogP contribution is -2.31. The van der Waals surface area contributed by atoms with Gasteiger partial charge in [-0.2, -0.15) is 0 Å². The quantitative estimate of drug-likeness (QED) is 0.876. The number of nitrogens with zero attached hydrogens (tertiary/aromatic N) is 1. The Bertz CT molecular complexity index is 706. The van der Waals surface area contributed by atoms with Crippen LogP contribution in [0.25, 0.3) is 0 Å². The number of carboxylic acid groups (broad SMARTS) is 1. The van der Waals surface area contributed by atoms with Gasteiger partial charge in [-0.1, -0.05) is 6.42 Å². The van der Waals surface area contributed by atoms with Crippen molar-refractivity contribution in [1.29, 1.82) is 0 Å². The van der Waals surface area contributed by atoms with E-state index < -0.39 is 17.7 Å². The highest BCUT2D eigenvalue weighted by Crippen LogP contribution is 2.31. The third-order valence-electron chi connectivity index (χ3n) is 4.97. The van der Waals surface area contributed by atoms with Crippen LogP contribution in [0.1, 0.15) is 38.5 Å². The highest BCUT2D eigenvalue weighted by atomic mass is 19.1. The van der Waals surface area contributed by atoms with Gasteiger partial charge >= 0.3 is 5.97 Å². The summed E-state index contributed by atoms with van der Waals surface area (Å²) < 4.78 is 14.3. The van der Waals surface area contributed by atoms with Crippen LogP contribution in [-0.2, 0) is 14.4 Å². The van der Waals surface area contributed by atoms with Crippen LogP contribution in [0.15, 0.2) is 18.2 Å². The maximum atomic E-state index is 14.3. The lowest BCUT2D eigenvalue weighted by atomic mass is 9.81. The first-order chi connectivity index (χ1) is 12.0. The average molecular weight is 348 g/mol. The van der Waals surface area contributed by atoms with Gasteiger partial charge in [0.1, 0.15) is 5.82 Å². The summed E-state index contributed by atoms with van der Waals surface area (Å²) in [4.78, 5) is 36.6. The standard InChI is InChI=1S/C18H21FN2O4/c19-14-10-13(6-7-15(14)21-8-2-5-16(21)22)20-17(23)11-3-1-4-12(9-11)18(24)25/h6-7,10-12H,1-5,8-9H2,(H,20,23)(H,24,25). The minimum Gasteiger partial charge on any atom is -0.481 e. The highest BCUT2D eigenvalue weighted by molar-refractivity contribution is 5.96. The van der Waals surface area contributed by atoms with Gasteiger partial charge in [0.2, 0.25) is 11.8 Å². The number of hydrogen-bond acceptors (Lipinski definition) is 3. The molecule has 0 aromatic heterocycles. The van der Waals surface area contributed by atoms with E-state index in [9.17, 15) is 18.8 Å². The van der Waals surface area contributed by atoms with E-state index in [1.54, 1.807) is 6.07 Å². The van der Waals surface area contributed by atoms with E-state index in [0.717, 1.165) is 0 Å². The van der Waals surface area contributed by atoms with Gasteiger partial charge in [-0.05, 0) is 43.9 Å². The third kappa shape index (κ3) is 3.81. The summed E-state index contributed by atoms with van der Waals surface area (Å²) in [7, 11) is 0. The summed E-state index contributed by atoms with van der Waals surface area (Å²) in [5.74, 6) is -2.68. The SMILES string of the molecule is O=C(O)C1CCCC(C(=O)Nc2ccc(N3CCCC3=O)c(F)c2)C1. The Morgan fingerprint density at radius 1 is 1.20 bits per heavy atom. The van der Waals surface area contributed by atoms with Gasteiger partial charge in [0.25, 0.3) is 0 Å². The van der Waals surface area contributed by atoms with E-state index >= 15 is 0 Å². The Hall–Kier alpha value is -2.44. The van der Waals surface area contributed by atoms with E-state index in [1.807, 2.05) is 0 Å². The average Bonchev–Trinajstić information content (AvgIpc) is 3.01. The molecule has 6 nitrogen and oxygen atoms in total. The third-order valence-corrected chi connectivity index (χ3v) is 4.97. The molecule has 2 unspecified atom stereocenters. The second-order valence-corrected chi connectivity index (χ2v) is 6.70. The number of carbonyl (C=O) groups excluding carboxylic acids is 2. The van der Waals surface area contributed by atoms with Crippen molar-refractivity contribution in [1.82, 2.24) is 0 Å². The van der Waals surface area contributed by atoms with Gasteiger partial charge in [-0.15, -0.1) is 0 Å². The molecule has 2 aliphatic rings. The number of carboxylic acids is 1. The summed E-state index contributed by atoms with van der Waals surface area (Å²) in [6.45, 7) is 0.500. The molecule has 2 fully saturated rings. The molecule has 3 rings (SSSR count). The van der Waals surface area contributed by atoms with E-state index in [1.165, 1.54) is 17.0 Å². The van der Waals surface area contributed by atoms with Crippen LogP contribution >= 0.6 is 0 Å². The topological polar surface area (TPSA) is 86.7 Å². The van der Waals surface area contributed by atoms with Crippen LogP contribution < -0.4 is 10.2 Å². The Morgan fingerprint density at radius 3 is 2.60 bits per heavy atom. The number of nitrogens with one attached hydrogen (secondary N) is 1. The van der Waals surface area contributed by atoms with Crippen LogP contribution in [0.4, 0.5) is 15.8 Å². The summed E-state index contributed by atoms with van der Waals surface area (Å²) in [6.07, 6.45) is 3.36. The Kier molecular flexibility index (Phi) is 5.01. The fraction of sp³-hybridized carbons (Fsp3) is 0.500. The molecular formula is C18H21FN2O4. The van der Waals surface area contributed by atoms with Crippen molar-refractivity contribution < 1.29 is 23.9 Å². The van der Waals surface area contributed by atoms with Crippen molar-refractivity contribution in [2.24, 2.45) is 11.8 Å². The van der Waals surface area contributed by atoms with Crippen molar-refractivity contribution in [3.8, 4) is 0 Å². The summed E-state index contributed by atoms with van der Waals surface area (Å²) >= 11 is 0. The monoisotopic (exact) mass is 348 g/mol. The fourth-order valence-electron chi connectivity index (χ4n) is 3.60. The van der Waals surface area contributed by atoms with Gasteiger partial charge in [-0.3, -0.25) is 14.4 Å². The molecule has 0 radical (unpaired) electrons. The number of carbonyl (C=O) groups is 3. The lowest BCUT2D eigenvalue weighted by molar-refractivity contribution is -0.143. The Balaban J connectivity index is 1.66. The number of aliphatic carboxylic acids is 1. The Morgan fingerprint density at radius 2 is 1.96 bits per heavy atom. The molecular weight excluding hydrogens is 327 g/mol. The molecule has 1 aromatic carbocycles. The molecule has 25 heavy (non-hydrogen) atoms. The first kappa shape index (κ1) is 17.4. The minimum atomic E-state index is -0.872. The summed E-state index contributed by atoms with van der Waals surface area (Å²) in [5.41, 5.74) is 0.541. The largest absolute Gasteiger partial charge is 0.481 e. The number of benzene rings is 1. The van der Waals surface area contributed by atoms with E-state index in [2.05, 4.69) is 5.32 Å². The van der Waals surface area contributed by atoms with E-state index in [4.69, 9.17) is 5.11 Å². The van der Waals surface area contributed by atoms with Gasteiger partial charge in [-0.25, -0.2) is 4.39 Å². The molecule has 1 aliphatic carbocycles. The molecule has 1 saturated carbocycles. The second-order valence-electron chi connectivity index (χ2n) is 6.70. The first-order valence-electron chi connectivity index (χ1n) is 8.59. The zero-order chi connectivity index (χ0) is 18.0. The van der Waals surface area contributed by atoms with Crippen LogP contribution in [-0.4, -0.2) is 29.4 Å². The molecule has 1 heterocycles. The smallest absolute Gasteiger partial charge is 0.306 e. The molecule has 134 valence electrons. The predicted octanol–water partition coefficient (Wildman–Crippen LogP) is 2.78. The fourth-order valence-corrected chi connectivity index (χ4v) is 3.60. The number of rotatable bonds is 4. The number of anilines is 2. The van der Waals surface area contributed by atoms with Crippen molar-refractivity contribution in [2.75, 3.05) is 16.8 Å². The van der Waals surface area contributed by atoms with E-state index in [-0.39, 0.29) is 23.4 Å². The molecule has 1 aliphatic heterocycles. The summed E-state index contributed by atoms with van der Waals surface area (Å²) in [5, 5.41) is 11.8. The van der Waals surface area contributed by atoms with E-state index in [0.29, 0.717) is 50.8 Å². The molecule has 2 N–H and O–H groups in total. The molecule has 2 atom stereocenters. The number of amides is 2. The zero-order valence-corrected chi connectivity index (χ0v) is 13.8. The minimum absolute atomic E-state index is 0.0994. The van der Waals surface area contributed by atoms with Gasteiger partial charge in [0.15, 0.2) is 0 Å². The van der Waals surface area contributed by atoms with Crippen molar-refractivity contribution >= 4 is 29.2 Å². The maximum Gasteiger partial charge on any atom is 0.306 e. The predicted molar refractivity (Wildman–Crippen MR) is 89.7 cm³/mol. The molecule has 2 amide bonds. The van der Waals surface area contributed by atoms with Crippen molar-refractivity contribution in [2.45, 2.75) is 38.5 Å².